The van der Waals surface area contributed by atoms with Crippen LogP contribution in [0.5, 0.6) is 0 Å². The number of hydrogen-bond acceptors (Lipinski definition) is 3. The number of nitrogens with two attached hydrogens (primary N) is 1. The molecule has 0 fully saturated rings. The highest BCUT2D eigenvalue weighted by Gasteiger charge is 2.00. The van der Waals surface area contributed by atoms with Gasteiger partial charge in [0.2, 0.25) is 0 Å². The molecule has 0 aliphatic rings. The van der Waals surface area contributed by atoms with E-state index in [1.807, 2.05) is 30.0 Å². The molecule has 0 atom stereocenters. The SMILES string of the molecule is CCSCCCSc1cc(Cl)ccc1N. The molecule has 2 N–H and O–H groups in total. The number of thioether (sulfide) groups is 2. The van der Waals surface area contributed by atoms with Gasteiger partial charge in [0.15, 0.2) is 0 Å². The van der Waals surface area contributed by atoms with Gasteiger partial charge in [-0.15, -0.1) is 11.8 Å². The van der Waals surface area contributed by atoms with Crippen molar-refractivity contribution < 1.29 is 0 Å². The molecule has 0 amide bonds. The van der Waals surface area contributed by atoms with Gasteiger partial charge in [0.05, 0.1) is 0 Å². The maximum atomic E-state index is 5.91. The number of halogens is 1. The lowest BCUT2D eigenvalue weighted by atomic mass is 10.3. The smallest absolute Gasteiger partial charge is 0.0453 e. The topological polar surface area (TPSA) is 26.0 Å². The molecular formula is C11H16ClNS2. The Bertz CT molecular complexity index is 305. The van der Waals surface area contributed by atoms with E-state index in [2.05, 4.69) is 6.92 Å². The molecule has 0 aliphatic carbocycles. The monoisotopic (exact) mass is 261 g/mol. The minimum atomic E-state index is 0.759. The Labute approximate surface area is 105 Å². The molecule has 0 spiro atoms. The molecule has 1 aromatic carbocycles. The number of nitrogen functional groups attached to an aromatic ring is 1. The van der Waals surface area contributed by atoms with Crippen LogP contribution >= 0.6 is 35.1 Å². The Morgan fingerprint density at radius 1 is 1.33 bits per heavy atom. The van der Waals surface area contributed by atoms with E-state index in [0.717, 1.165) is 21.4 Å². The van der Waals surface area contributed by atoms with Crippen LogP contribution in [0.1, 0.15) is 13.3 Å². The Morgan fingerprint density at radius 3 is 2.87 bits per heavy atom. The second-order valence-corrected chi connectivity index (χ2v) is 6.05. The van der Waals surface area contributed by atoms with Gasteiger partial charge in [-0.05, 0) is 41.9 Å². The van der Waals surface area contributed by atoms with Crippen LogP contribution in [-0.2, 0) is 0 Å². The van der Waals surface area contributed by atoms with Crippen LogP contribution in [0.2, 0.25) is 5.02 Å². The predicted molar refractivity (Wildman–Crippen MR) is 74.2 cm³/mol. The van der Waals surface area contributed by atoms with E-state index in [9.17, 15) is 0 Å². The molecule has 0 aliphatic heterocycles. The Balaban J connectivity index is 2.33. The summed E-state index contributed by atoms with van der Waals surface area (Å²) in [5, 5.41) is 0.759. The maximum Gasteiger partial charge on any atom is 0.0453 e. The van der Waals surface area contributed by atoms with Gasteiger partial charge in [0.25, 0.3) is 0 Å². The molecule has 0 bridgehead atoms. The van der Waals surface area contributed by atoms with Gasteiger partial charge in [0, 0.05) is 15.6 Å². The first-order chi connectivity index (χ1) is 7.24. The van der Waals surface area contributed by atoms with Gasteiger partial charge in [-0.2, -0.15) is 11.8 Å². The fraction of sp³-hybridized carbons (Fsp3) is 0.455. The second-order valence-electron chi connectivity index (χ2n) is 3.08. The van der Waals surface area contributed by atoms with Gasteiger partial charge in [-0.25, -0.2) is 0 Å². The fourth-order valence-electron chi connectivity index (χ4n) is 1.12. The van der Waals surface area contributed by atoms with Crippen LogP contribution in [0.4, 0.5) is 5.69 Å². The lowest BCUT2D eigenvalue weighted by Crippen LogP contribution is -1.90. The van der Waals surface area contributed by atoms with Crippen molar-refractivity contribution in [3.8, 4) is 0 Å². The van der Waals surface area contributed by atoms with E-state index in [1.165, 1.54) is 17.9 Å². The van der Waals surface area contributed by atoms with Gasteiger partial charge in [-0.3, -0.25) is 0 Å². The number of rotatable bonds is 6. The zero-order valence-electron chi connectivity index (χ0n) is 8.83. The molecule has 0 unspecified atom stereocenters. The van der Waals surface area contributed by atoms with Crippen molar-refractivity contribution in [3.63, 3.8) is 0 Å². The minimum Gasteiger partial charge on any atom is -0.398 e. The normalized spacial score (nSPS) is 10.5. The van der Waals surface area contributed by atoms with Crippen LogP contribution < -0.4 is 5.73 Å². The molecule has 1 aromatic rings. The molecule has 84 valence electrons. The largest absolute Gasteiger partial charge is 0.398 e. The second kappa shape index (κ2) is 7.31. The average molecular weight is 262 g/mol. The van der Waals surface area contributed by atoms with E-state index >= 15 is 0 Å². The Kier molecular flexibility index (Phi) is 6.37. The first kappa shape index (κ1) is 13.1. The van der Waals surface area contributed by atoms with E-state index in [4.69, 9.17) is 17.3 Å². The zero-order valence-corrected chi connectivity index (χ0v) is 11.2. The molecule has 0 radical (unpaired) electrons. The summed E-state index contributed by atoms with van der Waals surface area (Å²) in [6, 6.07) is 5.63. The summed E-state index contributed by atoms with van der Waals surface area (Å²) >= 11 is 9.68. The van der Waals surface area contributed by atoms with Crippen LogP contribution in [0.25, 0.3) is 0 Å². The summed E-state index contributed by atoms with van der Waals surface area (Å²) < 4.78 is 0. The van der Waals surface area contributed by atoms with E-state index in [-0.39, 0.29) is 0 Å². The van der Waals surface area contributed by atoms with E-state index in [1.54, 1.807) is 11.8 Å². The first-order valence-corrected chi connectivity index (χ1v) is 7.51. The van der Waals surface area contributed by atoms with Gasteiger partial charge >= 0.3 is 0 Å². The third-order valence-electron chi connectivity index (χ3n) is 1.87. The highest BCUT2D eigenvalue weighted by molar-refractivity contribution is 8.00. The summed E-state index contributed by atoms with van der Waals surface area (Å²) in [6.07, 6.45) is 1.22. The molecule has 0 heterocycles. The van der Waals surface area contributed by atoms with Crippen molar-refractivity contribution in [1.82, 2.24) is 0 Å². The van der Waals surface area contributed by atoms with E-state index in [0.29, 0.717) is 0 Å². The average Bonchev–Trinajstić information content (AvgIpc) is 2.23. The third-order valence-corrected chi connectivity index (χ3v) is 4.25. The number of benzene rings is 1. The molecule has 4 heteroatoms. The molecule has 15 heavy (non-hydrogen) atoms. The van der Waals surface area contributed by atoms with Crippen molar-refractivity contribution in [3.05, 3.63) is 23.2 Å². The van der Waals surface area contributed by atoms with Crippen LogP contribution in [0.15, 0.2) is 23.1 Å². The summed E-state index contributed by atoms with van der Waals surface area (Å²) in [5.41, 5.74) is 6.67. The highest BCUT2D eigenvalue weighted by atomic mass is 35.5. The summed E-state index contributed by atoms with van der Waals surface area (Å²) in [7, 11) is 0. The Hall–Kier alpha value is 0.01000. The van der Waals surface area contributed by atoms with Crippen molar-refractivity contribution >= 4 is 40.8 Å². The molecule has 1 rings (SSSR count). The lowest BCUT2D eigenvalue weighted by molar-refractivity contribution is 1.12. The van der Waals surface area contributed by atoms with Crippen LogP contribution in [-0.4, -0.2) is 17.3 Å². The summed E-state index contributed by atoms with van der Waals surface area (Å²) in [6.45, 7) is 2.19. The molecule has 1 nitrogen and oxygen atoms in total. The zero-order chi connectivity index (χ0) is 11.1. The van der Waals surface area contributed by atoms with Gasteiger partial charge < -0.3 is 5.73 Å². The third kappa shape index (κ3) is 5.05. The maximum absolute atomic E-state index is 5.91. The first-order valence-electron chi connectivity index (χ1n) is 4.99. The van der Waals surface area contributed by atoms with Crippen LogP contribution in [0, 0.1) is 0 Å². The number of hydrogen-bond donors (Lipinski definition) is 1. The lowest BCUT2D eigenvalue weighted by Gasteiger charge is -2.05. The van der Waals surface area contributed by atoms with Gasteiger partial charge in [0.1, 0.15) is 0 Å². The fourth-order valence-corrected chi connectivity index (χ4v) is 3.13. The van der Waals surface area contributed by atoms with Crippen molar-refractivity contribution in [2.24, 2.45) is 0 Å². The summed E-state index contributed by atoms with van der Waals surface area (Å²) in [4.78, 5) is 1.10. The van der Waals surface area contributed by atoms with Crippen LogP contribution in [0.3, 0.4) is 0 Å². The van der Waals surface area contributed by atoms with Gasteiger partial charge in [-0.1, -0.05) is 18.5 Å². The summed E-state index contributed by atoms with van der Waals surface area (Å²) in [5.74, 6) is 3.53. The number of anilines is 1. The molecule has 0 aromatic heterocycles. The van der Waals surface area contributed by atoms with Crippen molar-refractivity contribution in [1.29, 1.82) is 0 Å². The quantitative estimate of drug-likeness (QED) is 0.473. The molecule has 0 saturated carbocycles. The van der Waals surface area contributed by atoms with Crippen molar-refractivity contribution in [2.45, 2.75) is 18.2 Å². The molecular weight excluding hydrogens is 246 g/mol. The standard InChI is InChI=1S/C11H16ClNS2/c1-2-14-6-3-7-15-11-8-9(12)4-5-10(11)13/h4-5,8H,2-3,6-7,13H2,1H3. The molecule has 0 saturated heterocycles. The highest BCUT2D eigenvalue weighted by Crippen LogP contribution is 2.28. The van der Waals surface area contributed by atoms with Crippen molar-refractivity contribution in [2.75, 3.05) is 23.0 Å². The predicted octanol–water partition coefficient (Wildman–Crippen LogP) is 4.16. The van der Waals surface area contributed by atoms with E-state index < -0.39 is 0 Å². The minimum absolute atomic E-state index is 0.759. The Morgan fingerprint density at radius 2 is 2.13 bits per heavy atom.